The summed E-state index contributed by atoms with van der Waals surface area (Å²) in [5.74, 6) is 0.644. The molecular weight excluding hydrogens is 333 g/mol. The molecule has 0 unspecified atom stereocenters. The SMILES string of the molecule is Cc1nc(N2CCC3(CC2)CC3)c(Br)cc1C(F)(F)F. The summed E-state index contributed by atoms with van der Waals surface area (Å²) in [6.07, 6.45) is 0.517. The van der Waals surface area contributed by atoms with E-state index in [1.165, 1.54) is 19.8 Å². The van der Waals surface area contributed by atoms with Crippen LogP contribution in [0.3, 0.4) is 0 Å². The minimum absolute atomic E-state index is 0.0439. The van der Waals surface area contributed by atoms with Crippen LogP contribution in [0.15, 0.2) is 10.5 Å². The van der Waals surface area contributed by atoms with E-state index in [0.29, 0.717) is 15.7 Å². The summed E-state index contributed by atoms with van der Waals surface area (Å²) < 4.78 is 38.9. The lowest BCUT2D eigenvalue weighted by Gasteiger charge is -2.34. The van der Waals surface area contributed by atoms with Crippen LogP contribution in [-0.4, -0.2) is 18.1 Å². The maximum absolute atomic E-state index is 12.8. The van der Waals surface area contributed by atoms with Crippen molar-refractivity contribution in [2.75, 3.05) is 18.0 Å². The summed E-state index contributed by atoms with van der Waals surface area (Å²) in [5, 5.41) is 0. The van der Waals surface area contributed by atoms with E-state index < -0.39 is 11.7 Å². The molecule has 2 aliphatic rings. The van der Waals surface area contributed by atoms with Crippen LogP contribution in [0, 0.1) is 12.3 Å². The largest absolute Gasteiger partial charge is 0.418 e. The number of hydrogen-bond acceptors (Lipinski definition) is 2. The molecule has 0 amide bonds. The third kappa shape index (κ3) is 2.54. The van der Waals surface area contributed by atoms with E-state index in [4.69, 9.17) is 0 Å². The van der Waals surface area contributed by atoms with Gasteiger partial charge in [-0.05, 0) is 60.0 Å². The van der Waals surface area contributed by atoms with Crippen LogP contribution in [0.4, 0.5) is 19.0 Å². The number of halogens is 4. The Labute approximate surface area is 124 Å². The first kappa shape index (κ1) is 14.2. The maximum atomic E-state index is 12.8. The summed E-state index contributed by atoms with van der Waals surface area (Å²) in [5.41, 5.74) is -0.0737. The first-order valence-corrected chi connectivity index (χ1v) is 7.59. The van der Waals surface area contributed by atoms with Gasteiger partial charge in [-0.2, -0.15) is 13.2 Å². The number of aryl methyl sites for hydroxylation is 1. The van der Waals surface area contributed by atoms with Gasteiger partial charge in [0.1, 0.15) is 5.82 Å². The molecule has 1 saturated carbocycles. The van der Waals surface area contributed by atoms with Crippen molar-refractivity contribution in [3.05, 3.63) is 21.8 Å². The summed E-state index contributed by atoms with van der Waals surface area (Å²) in [6.45, 7) is 3.19. The van der Waals surface area contributed by atoms with Crippen molar-refractivity contribution in [2.24, 2.45) is 5.41 Å². The molecule has 2 heterocycles. The van der Waals surface area contributed by atoms with Gasteiger partial charge in [-0.25, -0.2) is 4.98 Å². The highest BCUT2D eigenvalue weighted by Gasteiger charge is 2.45. The van der Waals surface area contributed by atoms with Crippen molar-refractivity contribution < 1.29 is 13.2 Å². The molecule has 1 aliphatic carbocycles. The van der Waals surface area contributed by atoms with Crippen molar-refractivity contribution in [2.45, 2.75) is 38.8 Å². The molecule has 110 valence electrons. The fraction of sp³-hybridized carbons (Fsp3) is 0.643. The average molecular weight is 349 g/mol. The van der Waals surface area contributed by atoms with E-state index in [0.717, 1.165) is 32.0 Å². The molecule has 1 aromatic rings. The number of alkyl halides is 3. The number of nitrogens with zero attached hydrogens (tertiary/aromatic N) is 2. The van der Waals surface area contributed by atoms with Crippen LogP contribution in [0.5, 0.6) is 0 Å². The zero-order valence-corrected chi connectivity index (χ0v) is 12.8. The van der Waals surface area contributed by atoms with Crippen LogP contribution in [-0.2, 0) is 6.18 Å². The molecule has 0 radical (unpaired) electrons. The molecule has 0 atom stereocenters. The van der Waals surface area contributed by atoms with E-state index in [1.807, 2.05) is 0 Å². The van der Waals surface area contributed by atoms with Gasteiger partial charge in [0.25, 0.3) is 0 Å². The highest BCUT2D eigenvalue weighted by atomic mass is 79.9. The lowest BCUT2D eigenvalue weighted by Crippen LogP contribution is -2.35. The zero-order valence-electron chi connectivity index (χ0n) is 11.2. The van der Waals surface area contributed by atoms with Crippen LogP contribution in [0.25, 0.3) is 0 Å². The molecule has 3 rings (SSSR count). The van der Waals surface area contributed by atoms with Gasteiger partial charge in [-0.1, -0.05) is 0 Å². The highest BCUT2D eigenvalue weighted by molar-refractivity contribution is 9.10. The van der Waals surface area contributed by atoms with Gasteiger partial charge < -0.3 is 4.90 Å². The minimum Gasteiger partial charge on any atom is -0.356 e. The minimum atomic E-state index is -4.35. The Bertz CT molecular complexity index is 528. The maximum Gasteiger partial charge on any atom is 0.418 e. The second-order valence-electron chi connectivity index (χ2n) is 5.91. The number of aromatic nitrogens is 1. The first-order valence-electron chi connectivity index (χ1n) is 6.80. The molecule has 0 N–H and O–H groups in total. The Hall–Kier alpha value is -0.780. The molecule has 1 aromatic heterocycles. The van der Waals surface area contributed by atoms with Gasteiger partial charge in [0.15, 0.2) is 0 Å². The predicted molar refractivity (Wildman–Crippen MR) is 74.8 cm³/mol. The molecule has 2 fully saturated rings. The Kier molecular flexibility index (Phi) is 3.27. The van der Waals surface area contributed by atoms with Crippen LogP contribution in [0.1, 0.15) is 36.9 Å². The standard InChI is InChI=1S/C14H16BrF3N2/c1-9-10(14(16,17)18)8-11(15)12(19-9)20-6-4-13(2-3-13)5-7-20/h8H,2-7H2,1H3. The predicted octanol–water partition coefficient (Wildman–Crippen LogP) is 4.55. The van der Waals surface area contributed by atoms with E-state index in [-0.39, 0.29) is 5.69 Å². The Morgan fingerprint density at radius 1 is 1.20 bits per heavy atom. The summed E-state index contributed by atoms with van der Waals surface area (Å²) in [7, 11) is 0. The second kappa shape index (κ2) is 4.61. The number of pyridine rings is 1. The van der Waals surface area contributed by atoms with Crippen molar-refractivity contribution in [1.82, 2.24) is 4.98 Å². The Morgan fingerprint density at radius 2 is 1.80 bits per heavy atom. The second-order valence-corrected chi connectivity index (χ2v) is 6.77. The summed E-state index contributed by atoms with van der Waals surface area (Å²) in [6, 6.07) is 1.15. The van der Waals surface area contributed by atoms with Gasteiger partial charge in [-0.15, -0.1) is 0 Å². The number of hydrogen-bond donors (Lipinski definition) is 0. The van der Waals surface area contributed by atoms with Crippen molar-refractivity contribution in [3.8, 4) is 0 Å². The van der Waals surface area contributed by atoms with E-state index in [2.05, 4.69) is 25.8 Å². The van der Waals surface area contributed by atoms with E-state index in [1.54, 1.807) is 0 Å². The van der Waals surface area contributed by atoms with Crippen molar-refractivity contribution in [3.63, 3.8) is 0 Å². The topological polar surface area (TPSA) is 16.1 Å². The molecule has 1 saturated heterocycles. The van der Waals surface area contributed by atoms with Crippen molar-refractivity contribution in [1.29, 1.82) is 0 Å². The van der Waals surface area contributed by atoms with Gasteiger partial charge in [-0.3, -0.25) is 0 Å². The molecule has 6 heteroatoms. The lowest BCUT2D eigenvalue weighted by atomic mass is 9.94. The molecule has 0 bridgehead atoms. The first-order chi connectivity index (χ1) is 9.31. The number of piperidine rings is 1. The van der Waals surface area contributed by atoms with Gasteiger partial charge in [0.05, 0.1) is 15.7 Å². The van der Waals surface area contributed by atoms with Gasteiger partial charge in [0, 0.05) is 13.1 Å². The monoisotopic (exact) mass is 348 g/mol. The third-order valence-corrected chi connectivity index (χ3v) is 5.12. The fourth-order valence-electron chi connectivity index (χ4n) is 2.95. The van der Waals surface area contributed by atoms with Crippen LogP contribution < -0.4 is 4.90 Å². The Balaban J connectivity index is 1.85. The zero-order chi connectivity index (χ0) is 14.5. The molecule has 2 nitrogen and oxygen atoms in total. The van der Waals surface area contributed by atoms with Gasteiger partial charge >= 0.3 is 6.18 Å². The fourth-order valence-corrected chi connectivity index (χ4v) is 3.51. The number of anilines is 1. The smallest absolute Gasteiger partial charge is 0.356 e. The summed E-state index contributed by atoms with van der Waals surface area (Å²) >= 11 is 3.25. The van der Waals surface area contributed by atoms with Crippen LogP contribution >= 0.6 is 15.9 Å². The molecule has 1 spiro atoms. The van der Waals surface area contributed by atoms with E-state index >= 15 is 0 Å². The van der Waals surface area contributed by atoms with Crippen LogP contribution in [0.2, 0.25) is 0 Å². The molecule has 0 aromatic carbocycles. The molecular formula is C14H16BrF3N2. The quantitative estimate of drug-likeness (QED) is 0.739. The summed E-state index contributed by atoms with van der Waals surface area (Å²) in [4.78, 5) is 6.29. The highest BCUT2D eigenvalue weighted by Crippen LogP contribution is 2.54. The molecule has 1 aliphatic heterocycles. The Morgan fingerprint density at radius 3 is 2.30 bits per heavy atom. The van der Waals surface area contributed by atoms with E-state index in [9.17, 15) is 13.2 Å². The number of rotatable bonds is 1. The van der Waals surface area contributed by atoms with Gasteiger partial charge in [0.2, 0.25) is 0 Å². The third-order valence-electron chi connectivity index (χ3n) is 4.53. The van der Waals surface area contributed by atoms with Crippen molar-refractivity contribution >= 4 is 21.7 Å². The molecule has 20 heavy (non-hydrogen) atoms. The lowest BCUT2D eigenvalue weighted by molar-refractivity contribution is -0.138. The normalized spacial score (nSPS) is 21.4. The average Bonchev–Trinajstić information content (AvgIpc) is 3.11.